The molecule has 33 heavy (non-hydrogen) atoms. The van der Waals surface area contributed by atoms with E-state index in [1.54, 1.807) is 30.5 Å². The van der Waals surface area contributed by atoms with E-state index >= 15 is 0 Å². The second-order valence-corrected chi connectivity index (χ2v) is 8.85. The normalized spacial score (nSPS) is 13.2. The van der Waals surface area contributed by atoms with Crippen LogP contribution in [0.3, 0.4) is 0 Å². The lowest BCUT2D eigenvalue weighted by Gasteiger charge is -2.20. The minimum absolute atomic E-state index is 0.146. The Morgan fingerprint density at radius 3 is 2.61 bits per heavy atom. The summed E-state index contributed by atoms with van der Waals surface area (Å²) in [6.07, 6.45) is -1.63. The van der Waals surface area contributed by atoms with Crippen molar-refractivity contribution in [2.24, 2.45) is 0 Å². The van der Waals surface area contributed by atoms with Crippen molar-refractivity contribution in [2.45, 2.75) is 23.9 Å². The van der Waals surface area contributed by atoms with Crippen molar-refractivity contribution in [1.82, 2.24) is 10.2 Å². The number of alkyl halides is 3. The molecule has 1 heterocycles. The van der Waals surface area contributed by atoms with Crippen LogP contribution in [0.15, 0.2) is 41.3 Å². The molecular formula is C23H27F3N4O2S. The van der Waals surface area contributed by atoms with Gasteiger partial charge in [0.25, 0.3) is 5.91 Å². The highest BCUT2D eigenvalue weighted by Gasteiger charge is 2.36. The minimum atomic E-state index is -4.51. The highest BCUT2D eigenvalue weighted by molar-refractivity contribution is 7.98. The predicted octanol–water partition coefficient (Wildman–Crippen LogP) is 4.70. The van der Waals surface area contributed by atoms with Crippen molar-refractivity contribution < 1.29 is 22.8 Å². The molecule has 2 aromatic carbocycles. The quantitative estimate of drug-likeness (QED) is 0.445. The number of anilines is 2. The van der Waals surface area contributed by atoms with E-state index in [0.29, 0.717) is 29.8 Å². The number of hydrogen-bond donors (Lipinski definition) is 2. The molecular weight excluding hydrogens is 453 g/mol. The number of carbonyl (C=O) groups is 2. The number of amides is 3. The van der Waals surface area contributed by atoms with Crippen LogP contribution in [0.1, 0.15) is 27.9 Å². The average molecular weight is 481 g/mol. The van der Waals surface area contributed by atoms with Gasteiger partial charge in [0.05, 0.1) is 5.56 Å². The van der Waals surface area contributed by atoms with Crippen LogP contribution >= 0.6 is 11.8 Å². The summed E-state index contributed by atoms with van der Waals surface area (Å²) >= 11 is 1.03. The molecule has 2 N–H and O–H groups in total. The van der Waals surface area contributed by atoms with Gasteiger partial charge in [0.1, 0.15) is 0 Å². The van der Waals surface area contributed by atoms with Gasteiger partial charge in [0.15, 0.2) is 0 Å². The summed E-state index contributed by atoms with van der Waals surface area (Å²) in [5, 5.41) is 5.54. The van der Waals surface area contributed by atoms with E-state index in [9.17, 15) is 22.8 Å². The van der Waals surface area contributed by atoms with Gasteiger partial charge in [-0.25, -0.2) is 4.79 Å². The summed E-state index contributed by atoms with van der Waals surface area (Å²) in [5.41, 5.74) is 0.997. The van der Waals surface area contributed by atoms with Crippen LogP contribution in [0.5, 0.6) is 0 Å². The minimum Gasteiger partial charge on any atom is -0.352 e. The number of thioether (sulfide) groups is 1. The van der Waals surface area contributed by atoms with Crippen molar-refractivity contribution in [3.8, 4) is 0 Å². The standard InChI is InChI=1S/C23H27F3N4O2S/c1-29(2)10-5-9-27-21(31)16-6-4-7-17(12-16)28-22(32)30-11-8-15-13-20(33-3)18(14-19(15)30)23(24,25)26/h4,6-7,12-14H,5,8-11H2,1-3H3,(H,27,31)(H,28,32). The van der Waals surface area contributed by atoms with Crippen molar-refractivity contribution in [3.05, 3.63) is 53.1 Å². The first-order valence-electron chi connectivity index (χ1n) is 10.5. The van der Waals surface area contributed by atoms with E-state index in [4.69, 9.17) is 0 Å². The Balaban J connectivity index is 1.71. The number of fused-ring (bicyclic) bond motifs is 1. The third-order valence-electron chi connectivity index (χ3n) is 5.29. The lowest BCUT2D eigenvalue weighted by molar-refractivity contribution is -0.139. The van der Waals surface area contributed by atoms with Gasteiger partial charge in [-0.05, 0) is 75.6 Å². The number of benzene rings is 2. The van der Waals surface area contributed by atoms with Gasteiger partial charge in [-0.2, -0.15) is 13.2 Å². The fourth-order valence-corrected chi connectivity index (χ4v) is 4.30. The second-order valence-electron chi connectivity index (χ2n) is 8.00. The summed E-state index contributed by atoms with van der Waals surface area (Å²) < 4.78 is 40.4. The third-order valence-corrected chi connectivity index (χ3v) is 6.07. The molecule has 2 aromatic rings. The maximum absolute atomic E-state index is 13.5. The van der Waals surface area contributed by atoms with E-state index in [0.717, 1.165) is 30.8 Å². The van der Waals surface area contributed by atoms with E-state index in [2.05, 4.69) is 10.6 Å². The highest BCUT2D eigenvalue weighted by atomic mass is 32.2. The Labute approximate surface area is 195 Å². The van der Waals surface area contributed by atoms with Crippen LogP contribution in [0.2, 0.25) is 0 Å². The Morgan fingerprint density at radius 1 is 1.18 bits per heavy atom. The van der Waals surface area contributed by atoms with Gasteiger partial charge in [-0.1, -0.05) is 6.07 Å². The Bertz CT molecular complexity index is 1030. The molecule has 0 aromatic heterocycles. The summed E-state index contributed by atoms with van der Waals surface area (Å²) in [4.78, 5) is 28.7. The number of hydrogen-bond acceptors (Lipinski definition) is 4. The Kier molecular flexibility index (Phi) is 7.91. The molecule has 10 heteroatoms. The second kappa shape index (κ2) is 10.5. The number of halogens is 3. The zero-order valence-corrected chi connectivity index (χ0v) is 19.6. The van der Waals surface area contributed by atoms with E-state index < -0.39 is 17.8 Å². The smallest absolute Gasteiger partial charge is 0.352 e. The number of carbonyl (C=O) groups excluding carboxylic acids is 2. The number of nitrogens with zero attached hydrogens (tertiary/aromatic N) is 2. The predicted molar refractivity (Wildman–Crippen MR) is 125 cm³/mol. The van der Waals surface area contributed by atoms with Gasteiger partial charge in [0.2, 0.25) is 0 Å². The zero-order chi connectivity index (χ0) is 24.2. The largest absolute Gasteiger partial charge is 0.417 e. The van der Waals surface area contributed by atoms with Crippen LogP contribution in [0, 0.1) is 0 Å². The molecule has 0 aliphatic carbocycles. The van der Waals surface area contributed by atoms with Crippen molar-refractivity contribution in [3.63, 3.8) is 0 Å². The molecule has 0 unspecified atom stereocenters. The van der Waals surface area contributed by atoms with Crippen molar-refractivity contribution in [1.29, 1.82) is 0 Å². The highest BCUT2D eigenvalue weighted by Crippen LogP contribution is 2.42. The molecule has 3 amide bonds. The lowest BCUT2D eigenvalue weighted by Crippen LogP contribution is -2.33. The summed E-state index contributed by atoms with van der Waals surface area (Å²) in [6, 6.07) is 8.49. The van der Waals surface area contributed by atoms with E-state index in [-0.39, 0.29) is 23.0 Å². The SMILES string of the molecule is CSc1cc2c(cc1C(F)(F)F)N(C(=O)Nc1cccc(C(=O)NCCCN(C)C)c1)CC2. The lowest BCUT2D eigenvalue weighted by atomic mass is 10.1. The molecule has 178 valence electrons. The molecule has 3 rings (SSSR count). The third kappa shape index (κ3) is 6.20. The maximum atomic E-state index is 13.5. The molecule has 0 spiro atoms. The van der Waals surface area contributed by atoms with Crippen LogP contribution in [-0.2, 0) is 12.6 Å². The molecule has 6 nitrogen and oxygen atoms in total. The summed E-state index contributed by atoms with van der Waals surface area (Å²) in [6.45, 7) is 1.66. The molecule has 1 aliphatic rings. The Hall–Kier alpha value is -2.72. The van der Waals surface area contributed by atoms with Crippen LogP contribution in [0.25, 0.3) is 0 Å². The van der Waals surface area contributed by atoms with Crippen molar-refractivity contribution >= 4 is 35.1 Å². The van der Waals surface area contributed by atoms with Gasteiger partial charge >= 0.3 is 12.2 Å². The fourth-order valence-electron chi connectivity index (χ4n) is 3.64. The van der Waals surface area contributed by atoms with Crippen LogP contribution in [0.4, 0.5) is 29.3 Å². The van der Waals surface area contributed by atoms with Gasteiger partial charge in [-0.15, -0.1) is 11.8 Å². The first kappa shape index (κ1) is 24.9. The molecule has 0 fully saturated rings. The number of rotatable bonds is 7. The van der Waals surface area contributed by atoms with Gasteiger partial charge in [0, 0.05) is 34.9 Å². The monoisotopic (exact) mass is 480 g/mol. The van der Waals surface area contributed by atoms with Crippen LogP contribution < -0.4 is 15.5 Å². The summed E-state index contributed by atoms with van der Waals surface area (Å²) in [7, 11) is 3.91. The van der Waals surface area contributed by atoms with Crippen LogP contribution in [-0.4, -0.2) is 56.8 Å². The van der Waals surface area contributed by atoms with Gasteiger partial charge < -0.3 is 15.5 Å². The fraction of sp³-hybridized carbons (Fsp3) is 0.391. The maximum Gasteiger partial charge on any atom is 0.417 e. The molecule has 0 bridgehead atoms. The first-order chi connectivity index (χ1) is 15.6. The Morgan fingerprint density at radius 2 is 1.94 bits per heavy atom. The van der Waals surface area contributed by atoms with Crippen molar-refractivity contribution in [2.75, 3.05) is 50.2 Å². The average Bonchev–Trinajstić information content (AvgIpc) is 3.18. The summed E-state index contributed by atoms with van der Waals surface area (Å²) in [5.74, 6) is -0.254. The molecule has 1 aliphatic heterocycles. The molecule has 0 radical (unpaired) electrons. The first-order valence-corrected chi connectivity index (χ1v) is 11.7. The van der Waals surface area contributed by atoms with Gasteiger partial charge in [-0.3, -0.25) is 9.69 Å². The molecule has 0 atom stereocenters. The number of urea groups is 1. The number of nitrogens with one attached hydrogen (secondary N) is 2. The zero-order valence-electron chi connectivity index (χ0n) is 18.8. The molecule has 0 saturated heterocycles. The van der Waals surface area contributed by atoms with E-state index in [1.165, 1.54) is 11.0 Å². The topological polar surface area (TPSA) is 64.7 Å². The van der Waals surface area contributed by atoms with E-state index in [1.807, 2.05) is 19.0 Å². The molecule has 0 saturated carbocycles.